The molecule has 5 nitrogen and oxygen atoms in total. The van der Waals surface area contributed by atoms with Gasteiger partial charge in [0.25, 0.3) is 0 Å². The largest absolute Gasteiger partial charge is 0.352 e. The molecule has 152 valence electrons. The van der Waals surface area contributed by atoms with Gasteiger partial charge in [0.2, 0.25) is 5.91 Å². The molecule has 0 bridgehead atoms. The molecule has 1 N–H and O–H groups in total. The molecule has 0 unspecified atom stereocenters. The molecule has 0 radical (unpaired) electrons. The first kappa shape index (κ1) is 19.6. The fourth-order valence-electron chi connectivity index (χ4n) is 4.32. The van der Waals surface area contributed by atoms with Crippen LogP contribution in [0.2, 0.25) is 0 Å². The van der Waals surface area contributed by atoms with Crippen molar-refractivity contribution in [1.29, 1.82) is 0 Å². The summed E-state index contributed by atoms with van der Waals surface area (Å²) in [6, 6.07) is 18.8. The van der Waals surface area contributed by atoms with Crippen molar-refractivity contribution in [1.82, 2.24) is 19.8 Å². The summed E-state index contributed by atoms with van der Waals surface area (Å²) in [6.45, 7) is 7.60. The number of benzene rings is 2. The zero-order valence-electron chi connectivity index (χ0n) is 17.3. The predicted molar refractivity (Wildman–Crippen MR) is 116 cm³/mol. The summed E-state index contributed by atoms with van der Waals surface area (Å²) in [5, 5.41) is 3.12. The summed E-state index contributed by atoms with van der Waals surface area (Å²) in [5.41, 5.74) is 3.37. The third-order valence-electron chi connectivity index (χ3n) is 5.74. The number of amides is 1. The number of carbonyl (C=O) groups excluding carboxylic acids is 1. The highest BCUT2D eigenvalue weighted by Gasteiger charge is 2.27. The molecule has 1 atom stereocenters. The van der Waals surface area contributed by atoms with Crippen LogP contribution >= 0.6 is 0 Å². The van der Waals surface area contributed by atoms with Gasteiger partial charge in [-0.05, 0) is 50.9 Å². The maximum absolute atomic E-state index is 12.7. The Labute approximate surface area is 172 Å². The number of likely N-dealkylation sites (tertiary alicyclic amines) is 1. The number of aromatic nitrogens is 2. The molecule has 1 aliphatic heterocycles. The normalized spacial score (nSPS) is 17.7. The number of imidazole rings is 1. The second-order valence-corrected chi connectivity index (χ2v) is 8.26. The van der Waals surface area contributed by atoms with Crippen molar-refractivity contribution in [3.8, 4) is 0 Å². The molecule has 29 heavy (non-hydrogen) atoms. The molecule has 2 heterocycles. The van der Waals surface area contributed by atoms with Gasteiger partial charge in [-0.2, -0.15) is 0 Å². The number of hydrogen-bond donors (Lipinski definition) is 1. The van der Waals surface area contributed by atoms with Crippen LogP contribution in [0.15, 0.2) is 54.6 Å². The first-order valence-corrected chi connectivity index (χ1v) is 10.6. The molecular weight excluding hydrogens is 360 g/mol. The summed E-state index contributed by atoms with van der Waals surface area (Å²) in [5.74, 6) is 1.30. The molecule has 3 aromatic rings. The quantitative estimate of drug-likeness (QED) is 0.688. The van der Waals surface area contributed by atoms with Crippen molar-refractivity contribution in [2.45, 2.75) is 45.8 Å². The van der Waals surface area contributed by atoms with Gasteiger partial charge in [-0.1, -0.05) is 42.5 Å². The lowest BCUT2D eigenvalue weighted by Crippen LogP contribution is -2.42. The molecule has 1 fully saturated rings. The summed E-state index contributed by atoms with van der Waals surface area (Å²) in [7, 11) is 0. The third kappa shape index (κ3) is 4.51. The lowest BCUT2D eigenvalue weighted by Gasteiger charge is -2.32. The SMILES string of the molecule is CC(C)n1c(CN2CCC[C@H](C(=O)NCc3ccccc3)C2)nc2ccccc21. The van der Waals surface area contributed by atoms with Crippen LogP contribution in [0.4, 0.5) is 0 Å². The zero-order chi connectivity index (χ0) is 20.2. The number of nitrogens with zero attached hydrogens (tertiary/aromatic N) is 3. The molecule has 0 saturated carbocycles. The van der Waals surface area contributed by atoms with E-state index in [0.717, 1.165) is 49.4 Å². The Kier molecular flexibility index (Phi) is 5.95. The fraction of sp³-hybridized carbons (Fsp3) is 0.417. The maximum atomic E-state index is 12.7. The van der Waals surface area contributed by atoms with Crippen molar-refractivity contribution in [3.63, 3.8) is 0 Å². The average molecular weight is 391 g/mol. The van der Waals surface area contributed by atoms with Gasteiger partial charge in [0, 0.05) is 19.1 Å². The van der Waals surface area contributed by atoms with E-state index in [4.69, 9.17) is 4.98 Å². The Hall–Kier alpha value is -2.66. The predicted octanol–water partition coefficient (Wildman–Crippen LogP) is 4.15. The van der Waals surface area contributed by atoms with Crippen molar-refractivity contribution in [3.05, 3.63) is 66.0 Å². The highest BCUT2D eigenvalue weighted by atomic mass is 16.1. The van der Waals surface area contributed by atoms with Gasteiger partial charge >= 0.3 is 0 Å². The summed E-state index contributed by atoms with van der Waals surface area (Å²) >= 11 is 0. The Bertz CT molecular complexity index is 963. The van der Waals surface area contributed by atoms with E-state index in [2.05, 4.69) is 46.8 Å². The van der Waals surface area contributed by atoms with Crippen LogP contribution in [0, 0.1) is 5.92 Å². The molecule has 1 aromatic heterocycles. The monoisotopic (exact) mass is 390 g/mol. The molecule has 5 heteroatoms. The summed E-state index contributed by atoms with van der Waals surface area (Å²) in [4.78, 5) is 20.0. The molecule has 0 aliphatic carbocycles. The first-order valence-electron chi connectivity index (χ1n) is 10.6. The minimum absolute atomic E-state index is 0.0457. The van der Waals surface area contributed by atoms with E-state index < -0.39 is 0 Å². The number of rotatable bonds is 6. The summed E-state index contributed by atoms with van der Waals surface area (Å²) < 4.78 is 2.33. The van der Waals surface area contributed by atoms with Gasteiger partial charge in [-0.25, -0.2) is 4.98 Å². The molecule has 1 amide bonds. The number of para-hydroxylation sites is 2. The zero-order valence-corrected chi connectivity index (χ0v) is 17.3. The van der Waals surface area contributed by atoms with Crippen molar-refractivity contribution >= 4 is 16.9 Å². The lowest BCUT2D eigenvalue weighted by atomic mass is 9.97. The molecule has 0 spiro atoms. The topological polar surface area (TPSA) is 50.2 Å². The molecular formula is C24H30N4O. The fourth-order valence-corrected chi connectivity index (χ4v) is 4.32. The first-order chi connectivity index (χ1) is 14.1. The second kappa shape index (κ2) is 8.78. The van der Waals surface area contributed by atoms with E-state index in [1.807, 2.05) is 36.4 Å². The van der Waals surface area contributed by atoms with Gasteiger partial charge in [-0.15, -0.1) is 0 Å². The third-order valence-corrected chi connectivity index (χ3v) is 5.74. The highest BCUT2D eigenvalue weighted by molar-refractivity contribution is 5.79. The van der Waals surface area contributed by atoms with E-state index in [0.29, 0.717) is 12.6 Å². The van der Waals surface area contributed by atoms with Crippen LogP contribution in [-0.2, 0) is 17.9 Å². The van der Waals surface area contributed by atoms with Gasteiger partial charge in [0.15, 0.2) is 0 Å². The second-order valence-electron chi connectivity index (χ2n) is 8.26. The van der Waals surface area contributed by atoms with Crippen molar-refractivity contribution in [2.24, 2.45) is 5.92 Å². The molecule has 2 aromatic carbocycles. The van der Waals surface area contributed by atoms with Crippen LogP contribution in [0.5, 0.6) is 0 Å². The van der Waals surface area contributed by atoms with Crippen LogP contribution < -0.4 is 5.32 Å². The Morgan fingerprint density at radius 2 is 1.90 bits per heavy atom. The number of hydrogen-bond acceptors (Lipinski definition) is 3. The highest BCUT2D eigenvalue weighted by Crippen LogP contribution is 2.24. The van der Waals surface area contributed by atoms with Crippen LogP contribution in [0.25, 0.3) is 11.0 Å². The maximum Gasteiger partial charge on any atom is 0.224 e. The van der Waals surface area contributed by atoms with E-state index in [-0.39, 0.29) is 11.8 Å². The Morgan fingerprint density at radius 3 is 2.69 bits per heavy atom. The van der Waals surface area contributed by atoms with E-state index in [1.165, 1.54) is 5.52 Å². The van der Waals surface area contributed by atoms with Crippen LogP contribution in [-0.4, -0.2) is 33.4 Å². The minimum atomic E-state index is 0.0457. The van der Waals surface area contributed by atoms with Crippen LogP contribution in [0.3, 0.4) is 0 Å². The van der Waals surface area contributed by atoms with Gasteiger partial charge < -0.3 is 9.88 Å². The van der Waals surface area contributed by atoms with Gasteiger partial charge in [0.05, 0.1) is 23.5 Å². The Morgan fingerprint density at radius 1 is 1.14 bits per heavy atom. The molecule has 1 saturated heterocycles. The number of carbonyl (C=O) groups is 1. The summed E-state index contributed by atoms with van der Waals surface area (Å²) in [6.07, 6.45) is 2.00. The van der Waals surface area contributed by atoms with Gasteiger partial charge in [0.1, 0.15) is 5.82 Å². The lowest BCUT2D eigenvalue weighted by molar-refractivity contribution is -0.127. The average Bonchev–Trinajstić information content (AvgIpc) is 3.11. The van der Waals surface area contributed by atoms with Crippen LogP contribution in [0.1, 0.15) is 44.1 Å². The van der Waals surface area contributed by atoms with Crippen molar-refractivity contribution < 1.29 is 4.79 Å². The minimum Gasteiger partial charge on any atom is -0.352 e. The van der Waals surface area contributed by atoms with E-state index >= 15 is 0 Å². The smallest absolute Gasteiger partial charge is 0.224 e. The standard InChI is InChI=1S/C24H30N4O/c1-18(2)28-22-13-7-6-12-21(22)26-23(28)17-27-14-8-11-20(16-27)24(29)25-15-19-9-4-3-5-10-19/h3-7,9-10,12-13,18,20H,8,11,14-17H2,1-2H3,(H,25,29)/t20-/m0/s1. The van der Waals surface area contributed by atoms with Gasteiger partial charge in [-0.3, -0.25) is 9.69 Å². The van der Waals surface area contributed by atoms with Crippen molar-refractivity contribution in [2.75, 3.05) is 13.1 Å². The number of piperidine rings is 1. The van der Waals surface area contributed by atoms with E-state index in [1.54, 1.807) is 0 Å². The van der Waals surface area contributed by atoms with E-state index in [9.17, 15) is 4.79 Å². The molecule has 4 rings (SSSR count). The Balaban J connectivity index is 1.42. The number of nitrogens with one attached hydrogen (secondary N) is 1. The number of fused-ring (bicyclic) bond motifs is 1. The molecule has 1 aliphatic rings.